The molecule has 112 valence electrons. The Labute approximate surface area is 133 Å². The Balaban J connectivity index is 1.54. The number of hydrogen-bond acceptors (Lipinski definition) is 4. The topological polar surface area (TPSA) is 45.2 Å². The van der Waals surface area contributed by atoms with E-state index in [1.165, 1.54) is 19.5 Å². The van der Waals surface area contributed by atoms with Crippen molar-refractivity contribution < 1.29 is 4.79 Å². The van der Waals surface area contributed by atoms with E-state index in [-0.39, 0.29) is 11.9 Å². The molecule has 2 aliphatic heterocycles. The summed E-state index contributed by atoms with van der Waals surface area (Å²) in [5.41, 5.74) is 1.29. The Morgan fingerprint density at radius 2 is 2.41 bits per heavy atom. The molecule has 0 aromatic carbocycles. The van der Waals surface area contributed by atoms with Crippen LogP contribution < -0.4 is 5.32 Å². The monoisotopic (exact) mass is 311 g/mol. The van der Waals surface area contributed by atoms with E-state index in [0.29, 0.717) is 5.69 Å². The summed E-state index contributed by atoms with van der Waals surface area (Å²) in [4.78, 5) is 19.2. The molecule has 1 amide bonds. The Kier molecular flexibility index (Phi) is 3.36. The van der Waals surface area contributed by atoms with Crippen LogP contribution in [-0.4, -0.2) is 41.5 Å². The molecule has 2 bridgehead atoms. The Bertz CT molecular complexity index is 764. The highest BCUT2D eigenvalue weighted by Crippen LogP contribution is 2.27. The number of nitrogens with one attached hydrogen (secondary N) is 1. The standard InChI is InChI=1S/C17H17N3OS/c1-2-12-10-22-16-7-18-15(6-14(12)16)17(21)19-13-5-11-3-4-20(8-11)9-13/h1,6-7,10-11,13H,3-5,8-9H2,(H,19,21)/t11-,13+/m0/s1. The van der Waals surface area contributed by atoms with Gasteiger partial charge >= 0.3 is 0 Å². The maximum Gasteiger partial charge on any atom is 0.270 e. The Morgan fingerprint density at radius 3 is 3.23 bits per heavy atom. The number of rotatable bonds is 2. The zero-order chi connectivity index (χ0) is 15.1. The maximum atomic E-state index is 12.5. The van der Waals surface area contributed by atoms with E-state index in [4.69, 9.17) is 6.42 Å². The minimum Gasteiger partial charge on any atom is -0.347 e. The zero-order valence-electron chi connectivity index (χ0n) is 12.2. The molecule has 0 aliphatic carbocycles. The lowest BCUT2D eigenvalue weighted by Gasteiger charge is -2.30. The van der Waals surface area contributed by atoms with Crippen molar-refractivity contribution in [3.63, 3.8) is 0 Å². The minimum atomic E-state index is -0.0939. The molecule has 2 aromatic heterocycles. The van der Waals surface area contributed by atoms with Crippen molar-refractivity contribution >= 4 is 27.3 Å². The summed E-state index contributed by atoms with van der Waals surface area (Å²) >= 11 is 1.56. The molecular weight excluding hydrogens is 294 g/mol. The number of amides is 1. The zero-order valence-corrected chi connectivity index (χ0v) is 13.0. The Hall–Kier alpha value is -1.90. The molecule has 1 N–H and O–H groups in total. The predicted molar refractivity (Wildman–Crippen MR) is 88.0 cm³/mol. The van der Waals surface area contributed by atoms with Crippen molar-refractivity contribution in [3.8, 4) is 12.3 Å². The number of pyridine rings is 1. The van der Waals surface area contributed by atoms with Gasteiger partial charge in [-0.1, -0.05) is 5.92 Å². The second-order valence-electron chi connectivity index (χ2n) is 6.18. The number of hydrogen-bond donors (Lipinski definition) is 1. The average molecular weight is 311 g/mol. The molecule has 2 saturated heterocycles. The quantitative estimate of drug-likeness (QED) is 0.864. The fraction of sp³-hybridized carbons (Fsp3) is 0.412. The minimum absolute atomic E-state index is 0.0939. The van der Waals surface area contributed by atoms with Crippen LogP contribution in [0.2, 0.25) is 0 Å². The van der Waals surface area contributed by atoms with Gasteiger partial charge in [0.1, 0.15) is 5.69 Å². The maximum absolute atomic E-state index is 12.5. The van der Waals surface area contributed by atoms with Gasteiger partial charge in [-0.3, -0.25) is 4.79 Å². The number of carbonyl (C=O) groups is 1. The molecule has 1 unspecified atom stereocenters. The van der Waals surface area contributed by atoms with Crippen molar-refractivity contribution in [1.82, 2.24) is 15.2 Å². The molecular formula is C17H17N3OS. The van der Waals surface area contributed by atoms with E-state index in [2.05, 4.69) is 21.1 Å². The third-order valence-corrected chi connectivity index (χ3v) is 5.58. The first kappa shape index (κ1) is 13.7. The lowest BCUT2D eigenvalue weighted by atomic mass is 9.97. The van der Waals surface area contributed by atoms with Crippen molar-refractivity contribution in [2.45, 2.75) is 18.9 Å². The first-order chi connectivity index (χ1) is 10.7. The van der Waals surface area contributed by atoms with Gasteiger partial charge in [-0.2, -0.15) is 0 Å². The molecule has 22 heavy (non-hydrogen) atoms. The van der Waals surface area contributed by atoms with Gasteiger partial charge in [0.15, 0.2) is 0 Å². The SMILES string of the molecule is C#Cc1csc2cnc(C(=O)N[C@@H]3C[C@@H]4CCN(C4)C3)cc12. The van der Waals surface area contributed by atoms with E-state index < -0.39 is 0 Å². The van der Waals surface area contributed by atoms with Crippen LogP contribution >= 0.6 is 11.3 Å². The van der Waals surface area contributed by atoms with Crippen LogP contribution in [0.25, 0.3) is 10.1 Å². The third-order valence-electron chi connectivity index (χ3n) is 4.65. The van der Waals surface area contributed by atoms with Gasteiger partial charge in [0.25, 0.3) is 5.91 Å². The molecule has 0 radical (unpaired) electrons. The summed E-state index contributed by atoms with van der Waals surface area (Å²) in [5.74, 6) is 3.30. The number of piperidine rings is 1. The van der Waals surface area contributed by atoms with Crippen LogP contribution in [0, 0.1) is 18.3 Å². The first-order valence-corrected chi connectivity index (χ1v) is 8.48. The van der Waals surface area contributed by atoms with Gasteiger partial charge in [-0.05, 0) is 31.4 Å². The van der Waals surface area contributed by atoms with Gasteiger partial charge in [-0.25, -0.2) is 4.98 Å². The molecule has 4 rings (SSSR count). The molecule has 2 fully saturated rings. The fourth-order valence-electron chi connectivity index (χ4n) is 3.59. The Morgan fingerprint density at radius 1 is 1.50 bits per heavy atom. The molecule has 0 saturated carbocycles. The first-order valence-electron chi connectivity index (χ1n) is 7.60. The second kappa shape index (κ2) is 5.38. The highest BCUT2D eigenvalue weighted by molar-refractivity contribution is 7.17. The summed E-state index contributed by atoms with van der Waals surface area (Å²) < 4.78 is 1.02. The molecule has 4 nitrogen and oxygen atoms in total. The number of carbonyl (C=O) groups excluding carboxylic acids is 1. The lowest BCUT2D eigenvalue weighted by Crippen LogP contribution is -2.47. The van der Waals surface area contributed by atoms with Gasteiger partial charge in [0.05, 0.1) is 4.70 Å². The smallest absolute Gasteiger partial charge is 0.270 e. The van der Waals surface area contributed by atoms with Gasteiger partial charge in [0, 0.05) is 41.7 Å². The van der Waals surface area contributed by atoms with Crippen LogP contribution in [0.5, 0.6) is 0 Å². The van der Waals surface area contributed by atoms with Crippen LogP contribution in [-0.2, 0) is 0 Å². The molecule has 5 heteroatoms. The number of terminal acetylenes is 1. The summed E-state index contributed by atoms with van der Waals surface area (Å²) in [6.45, 7) is 3.32. The number of aromatic nitrogens is 1. The summed E-state index contributed by atoms with van der Waals surface area (Å²) in [7, 11) is 0. The number of fused-ring (bicyclic) bond motifs is 3. The van der Waals surface area contributed by atoms with E-state index in [9.17, 15) is 4.79 Å². The number of nitrogens with zero attached hydrogens (tertiary/aromatic N) is 2. The summed E-state index contributed by atoms with van der Waals surface area (Å²) in [6.07, 6.45) is 9.59. The highest BCUT2D eigenvalue weighted by Gasteiger charge is 2.33. The van der Waals surface area contributed by atoms with Crippen LogP contribution in [0.15, 0.2) is 17.6 Å². The fourth-order valence-corrected chi connectivity index (χ4v) is 4.44. The van der Waals surface area contributed by atoms with E-state index in [1.807, 2.05) is 11.4 Å². The van der Waals surface area contributed by atoms with Crippen molar-refractivity contribution in [2.75, 3.05) is 19.6 Å². The van der Waals surface area contributed by atoms with Gasteiger partial charge in [-0.15, -0.1) is 17.8 Å². The summed E-state index contributed by atoms with van der Waals surface area (Å²) in [5, 5.41) is 6.01. The van der Waals surface area contributed by atoms with Gasteiger partial charge < -0.3 is 10.2 Å². The third kappa shape index (κ3) is 2.39. The second-order valence-corrected chi connectivity index (χ2v) is 7.09. The molecule has 3 atom stereocenters. The molecule has 2 aromatic rings. The molecule has 2 aliphatic rings. The molecule has 0 spiro atoms. The predicted octanol–water partition coefficient (Wildman–Crippen LogP) is 2.10. The van der Waals surface area contributed by atoms with E-state index in [1.54, 1.807) is 17.5 Å². The van der Waals surface area contributed by atoms with Crippen molar-refractivity contribution in [2.24, 2.45) is 5.92 Å². The van der Waals surface area contributed by atoms with E-state index in [0.717, 1.165) is 34.5 Å². The van der Waals surface area contributed by atoms with Crippen molar-refractivity contribution in [1.29, 1.82) is 0 Å². The highest BCUT2D eigenvalue weighted by atomic mass is 32.1. The van der Waals surface area contributed by atoms with Crippen LogP contribution in [0.3, 0.4) is 0 Å². The van der Waals surface area contributed by atoms with E-state index >= 15 is 0 Å². The van der Waals surface area contributed by atoms with Gasteiger partial charge in [0.2, 0.25) is 0 Å². The van der Waals surface area contributed by atoms with Crippen LogP contribution in [0.1, 0.15) is 28.9 Å². The number of thiophene rings is 1. The lowest BCUT2D eigenvalue weighted by molar-refractivity contribution is 0.0904. The molecule has 4 heterocycles. The van der Waals surface area contributed by atoms with Crippen LogP contribution in [0.4, 0.5) is 0 Å². The van der Waals surface area contributed by atoms with Crippen molar-refractivity contribution in [3.05, 3.63) is 28.9 Å². The normalized spacial score (nSPS) is 26.8. The average Bonchev–Trinajstić information content (AvgIpc) is 3.09. The largest absolute Gasteiger partial charge is 0.347 e. The summed E-state index contributed by atoms with van der Waals surface area (Å²) in [6, 6.07) is 2.05.